The number of nitrogens with one attached hydrogen (secondary N) is 1. The fraction of sp³-hybridized carbons (Fsp3) is 0.562. The van der Waals surface area contributed by atoms with Crippen molar-refractivity contribution in [1.82, 2.24) is 10.2 Å². The van der Waals surface area contributed by atoms with Crippen molar-refractivity contribution in [3.63, 3.8) is 0 Å². The van der Waals surface area contributed by atoms with E-state index in [1.54, 1.807) is 0 Å². The van der Waals surface area contributed by atoms with Gasteiger partial charge >= 0.3 is 0 Å². The summed E-state index contributed by atoms with van der Waals surface area (Å²) in [6, 6.07) is 6.20. The van der Waals surface area contributed by atoms with E-state index >= 15 is 0 Å². The van der Waals surface area contributed by atoms with Gasteiger partial charge in [0.25, 0.3) is 0 Å². The highest BCUT2D eigenvalue weighted by molar-refractivity contribution is 5.78. The van der Waals surface area contributed by atoms with Crippen molar-refractivity contribution in [2.45, 2.75) is 20.3 Å². The maximum absolute atomic E-state index is 11.9. The number of ether oxygens (including phenoxy) is 1. The van der Waals surface area contributed by atoms with Crippen LogP contribution in [0.5, 0.6) is 0 Å². The summed E-state index contributed by atoms with van der Waals surface area (Å²) >= 11 is 0. The normalized spacial score (nSPS) is 16.1. The summed E-state index contributed by atoms with van der Waals surface area (Å²) in [6.45, 7) is 9.32. The predicted molar refractivity (Wildman–Crippen MR) is 79.9 cm³/mol. The molecule has 1 aromatic carbocycles. The van der Waals surface area contributed by atoms with Crippen LogP contribution in [0, 0.1) is 13.8 Å². The highest BCUT2D eigenvalue weighted by Gasteiger charge is 2.10. The summed E-state index contributed by atoms with van der Waals surface area (Å²) in [5.74, 6) is 0.0986. The molecule has 0 bridgehead atoms. The summed E-state index contributed by atoms with van der Waals surface area (Å²) in [4.78, 5) is 14.2. The average molecular weight is 276 g/mol. The van der Waals surface area contributed by atoms with Gasteiger partial charge in [-0.25, -0.2) is 0 Å². The van der Waals surface area contributed by atoms with E-state index in [2.05, 4.69) is 36.2 Å². The first-order valence-electron chi connectivity index (χ1n) is 7.28. The topological polar surface area (TPSA) is 41.6 Å². The third kappa shape index (κ3) is 4.62. The lowest BCUT2D eigenvalue weighted by Crippen LogP contribution is -2.41. The highest BCUT2D eigenvalue weighted by atomic mass is 16.5. The molecule has 4 heteroatoms. The van der Waals surface area contributed by atoms with Gasteiger partial charge in [0, 0.05) is 26.2 Å². The quantitative estimate of drug-likeness (QED) is 0.881. The van der Waals surface area contributed by atoms with Gasteiger partial charge in [-0.1, -0.05) is 18.2 Å². The molecule has 1 saturated heterocycles. The molecule has 1 heterocycles. The lowest BCUT2D eigenvalue weighted by Gasteiger charge is -2.26. The zero-order valence-corrected chi connectivity index (χ0v) is 12.4. The Morgan fingerprint density at radius 3 is 2.70 bits per heavy atom. The van der Waals surface area contributed by atoms with Crippen LogP contribution in [0.4, 0.5) is 0 Å². The first-order valence-corrected chi connectivity index (χ1v) is 7.28. The minimum absolute atomic E-state index is 0.0986. The Balaban J connectivity index is 1.70. The van der Waals surface area contributed by atoms with E-state index in [1.807, 2.05) is 6.07 Å². The Hall–Kier alpha value is -1.39. The van der Waals surface area contributed by atoms with Gasteiger partial charge in [0.2, 0.25) is 5.91 Å². The van der Waals surface area contributed by atoms with E-state index in [0.29, 0.717) is 13.0 Å². The third-order valence-electron chi connectivity index (χ3n) is 3.79. The molecule has 1 aliphatic heterocycles. The average Bonchev–Trinajstić information content (AvgIpc) is 2.44. The van der Waals surface area contributed by atoms with Gasteiger partial charge in [-0.05, 0) is 30.5 Å². The minimum Gasteiger partial charge on any atom is -0.379 e. The fourth-order valence-corrected chi connectivity index (χ4v) is 2.34. The fourth-order valence-electron chi connectivity index (χ4n) is 2.34. The molecule has 110 valence electrons. The van der Waals surface area contributed by atoms with E-state index in [9.17, 15) is 4.79 Å². The molecule has 1 amide bonds. The van der Waals surface area contributed by atoms with Crippen LogP contribution in [-0.2, 0) is 16.0 Å². The zero-order chi connectivity index (χ0) is 14.4. The smallest absolute Gasteiger partial charge is 0.224 e. The number of carbonyl (C=O) groups is 1. The third-order valence-corrected chi connectivity index (χ3v) is 3.79. The van der Waals surface area contributed by atoms with Crippen LogP contribution in [0.25, 0.3) is 0 Å². The molecule has 2 rings (SSSR count). The van der Waals surface area contributed by atoms with Crippen molar-refractivity contribution >= 4 is 5.91 Å². The van der Waals surface area contributed by atoms with Gasteiger partial charge in [0.15, 0.2) is 0 Å². The number of amides is 1. The Morgan fingerprint density at radius 1 is 1.25 bits per heavy atom. The molecule has 0 aliphatic carbocycles. The maximum Gasteiger partial charge on any atom is 0.224 e. The van der Waals surface area contributed by atoms with Crippen molar-refractivity contribution in [2.24, 2.45) is 0 Å². The predicted octanol–water partition coefficient (Wildman–Crippen LogP) is 1.29. The van der Waals surface area contributed by atoms with Crippen molar-refractivity contribution < 1.29 is 9.53 Å². The summed E-state index contributed by atoms with van der Waals surface area (Å²) in [5, 5.41) is 2.99. The number of carbonyl (C=O) groups excluding carboxylic acids is 1. The molecule has 0 radical (unpaired) electrons. The second-order valence-corrected chi connectivity index (χ2v) is 5.40. The van der Waals surface area contributed by atoms with Crippen molar-refractivity contribution in [3.8, 4) is 0 Å². The van der Waals surface area contributed by atoms with Gasteiger partial charge in [-0.15, -0.1) is 0 Å². The molecule has 0 spiro atoms. The van der Waals surface area contributed by atoms with Crippen molar-refractivity contribution in [1.29, 1.82) is 0 Å². The number of hydrogen-bond acceptors (Lipinski definition) is 3. The van der Waals surface area contributed by atoms with Gasteiger partial charge in [0.1, 0.15) is 0 Å². The van der Waals surface area contributed by atoms with E-state index < -0.39 is 0 Å². The van der Waals surface area contributed by atoms with Crippen LogP contribution in [0.1, 0.15) is 16.7 Å². The monoisotopic (exact) mass is 276 g/mol. The Morgan fingerprint density at radius 2 is 2.00 bits per heavy atom. The van der Waals surface area contributed by atoms with E-state index in [0.717, 1.165) is 38.4 Å². The number of morpholine rings is 1. The molecule has 1 fully saturated rings. The SMILES string of the molecule is Cc1ccc(CC(=O)NCCN2CCOCC2)cc1C. The Labute approximate surface area is 121 Å². The second-order valence-electron chi connectivity index (χ2n) is 5.40. The lowest BCUT2D eigenvalue weighted by atomic mass is 10.0. The van der Waals surface area contributed by atoms with Crippen LogP contribution in [-0.4, -0.2) is 50.2 Å². The largest absolute Gasteiger partial charge is 0.379 e. The summed E-state index contributed by atoms with van der Waals surface area (Å²) in [5.41, 5.74) is 3.59. The van der Waals surface area contributed by atoms with Crippen molar-refractivity contribution in [2.75, 3.05) is 39.4 Å². The molecule has 0 atom stereocenters. The zero-order valence-electron chi connectivity index (χ0n) is 12.4. The molecule has 1 aliphatic rings. The molecule has 1 N–H and O–H groups in total. The lowest BCUT2D eigenvalue weighted by molar-refractivity contribution is -0.120. The molecular formula is C16H24N2O2. The van der Waals surface area contributed by atoms with Crippen LogP contribution in [0.15, 0.2) is 18.2 Å². The first-order chi connectivity index (χ1) is 9.65. The molecule has 0 saturated carbocycles. The second kappa shape index (κ2) is 7.41. The summed E-state index contributed by atoms with van der Waals surface area (Å²) in [6.07, 6.45) is 0.463. The van der Waals surface area contributed by atoms with E-state index in [-0.39, 0.29) is 5.91 Å². The summed E-state index contributed by atoms with van der Waals surface area (Å²) in [7, 11) is 0. The van der Waals surface area contributed by atoms with Gasteiger partial charge < -0.3 is 10.1 Å². The first kappa shape index (κ1) is 15.0. The van der Waals surface area contributed by atoms with E-state index in [1.165, 1.54) is 11.1 Å². The Kier molecular flexibility index (Phi) is 5.56. The van der Waals surface area contributed by atoms with Crippen molar-refractivity contribution in [3.05, 3.63) is 34.9 Å². The molecule has 0 unspecified atom stereocenters. The number of benzene rings is 1. The van der Waals surface area contributed by atoms with Crippen LogP contribution in [0.3, 0.4) is 0 Å². The van der Waals surface area contributed by atoms with Gasteiger partial charge in [0.05, 0.1) is 19.6 Å². The van der Waals surface area contributed by atoms with Gasteiger partial charge in [-0.2, -0.15) is 0 Å². The number of hydrogen-bond donors (Lipinski definition) is 1. The van der Waals surface area contributed by atoms with Gasteiger partial charge in [-0.3, -0.25) is 9.69 Å². The molecule has 0 aromatic heterocycles. The van der Waals surface area contributed by atoms with E-state index in [4.69, 9.17) is 4.74 Å². The molecule has 4 nitrogen and oxygen atoms in total. The number of aryl methyl sites for hydroxylation is 2. The Bertz CT molecular complexity index is 454. The van der Waals surface area contributed by atoms with Crippen LogP contribution >= 0.6 is 0 Å². The standard InChI is InChI=1S/C16H24N2O2/c1-13-3-4-15(11-14(13)2)12-16(19)17-5-6-18-7-9-20-10-8-18/h3-4,11H,5-10,12H2,1-2H3,(H,17,19). The van der Waals surface area contributed by atoms with Crippen LogP contribution < -0.4 is 5.32 Å². The molecule has 1 aromatic rings. The number of nitrogens with zero attached hydrogens (tertiary/aromatic N) is 1. The highest BCUT2D eigenvalue weighted by Crippen LogP contribution is 2.10. The molecular weight excluding hydrogens is 252 g/mol. The van der Waals surface area contributed by atoms with Crippen LogP contribution in [0.2, 0.25) is 0 Å². The number of rotatable bonds is 5. The summed E-state index contributed by atoms with van der Waals surface area (Å²) < 4.78 is 5.30. The minimum atomic E-state index is 0.0986. The molecule has 20 heavy (non-hydrogen) atoms. The maximum atomic E-state index is 11.9.